The first-order valence-electron chi connectivity index (χ1n) is 7.32. The summed E-state index contributed by atoms with van der Waals surface area (Å²) in [5.74, 6) is -0.310. The largest absolute Gasteiger partial charge is 0.467 e. The van der Waals surface area contributed by atoms with Crippen molar-refractivity contribution in [2.24, 2.45) is 5.92 Å². The molecule has 0 heterocycles. The fourth-order valence-corrected chi connectivity index (χ4v) is 2.14. The number of nitrogens with one attached hydrogen (secondary N) is 1. The summed E-state index contributed by atoms with van der Waals surface area (Å²) in [4.78, 5) is 23.4. The van der Waals surface area contributed by atoms with Gasteiger partial charge in [0.2, 0.25) is 5.91 Å². The van der Waals surface area contributed by atoms with Gasteiger partial charge in [-0.1, -0.05) is 38.1 Å². The minimum Gasteiger partial charge on any atom is -0.467 e. The lowest BCUT2D eigenvalue weighted by Gasteiger charge is -2.16. The summed E-state index contributed by atoms with van der Waals surface area (Å²) in [5.41, 5.74) is 2.21. The van der Waals surface area contributed by atoms with Crippen LogP contribution in [0.25, 0.3) is 0 Å². The number of rotatable bonds is 6. The second kappa shape index (κ2) is 7.81. The van der Waals surface area contributed by atoms with E-state index < -0.39 is 12.0 Å². The Morgan fingerprint density at radius 3 is 2.14 bits per heavy atom. The Kier molecular flexibility index (Phi) is 6.40. The van der Waals surface area contributed by atoms with Gasteiger partial charge in [0.1, 0.15) is 6.04 Å². The highest BCUT2D eigenvalue weighted by Gasteiger charge is 2.21. The fraction of sp³-hybridized carbons (Fsp3) is 0.529. The summed E-state index contributed by atoms with van der Waals surface area (Å²) in [6.45, 7) is 7.80. The van der Waals surface area contributed by atoms with Crippen LogP contribution in [0.2, 0.25) is 0 Å². The number of hydrogen-bond acceptors (Lipinski definition) is 3. The summed E-state index contributed by atoms with van der Waals surface area (Å²) in [6.07, 6.45) is 1.03. The minimum absolute atomic E-state index is 0.176. The maximum Gasteiger partial charge on any atom is 0.328 e. The number of ether oxygens (including phenoxy) is 1. The Hall–Kier alpha value is -1.84. The lowest BCUT2D eigenvalue weighted by atomic mass is 9.96. The lowest BCUT2D eigenvalue weighted by Crippen LogP contribution is -2.41. The molecule has 0 bridgehead atoms. The van der Waals surface area contributed by atoms with Crippen molar-refractivity contribution in [3.05, 3.63) is 35.4 Å². The highest BCUT2D eigenvalue weighted by Crippen LogP contribution is 2.18. The van der Waals surface area contributed by atoms with Gasteiger partial charge in [0, 0.05) is 0 Å². The zero-order chi connectivity index (χ0) is 16.0. The molecule has 0 aliphatic rings. The van der Waals surface area contributed by atoms with E-state index in [0.717, 1.165) is 12.0 Å². The van der Waals surface area contributed by atoms with Crippen molar-refractivity contribution in [3.8, 4) is 0 Å². The molecule has 4 nitrogen and oxygen atoms in total. The molecule has 1 aromatic carbocycles. The molecule has 0 spiro atoms. The molecule has 0 aromatic heterocycles. The van der Waals surface area contributed by atoms with Crippen molar-refractivity contribution < 1.29 is 14.3 Å². The maximum absolute atomic E-state index is 12.1. The number of carbonyl (C=O) groups is 2. The molecule has 0 aliphatic heterocycles. The first-order valence-corrected chi connectivity index (χ1v) is 7.32. The summed E-state index contributed by atoms with van der Waals surface area (Å²) < 4.78 is 4.60. The quantitative estimate of drug-likeness (QED) is 0.820. The van der Waals surface area contributed by atoms with Gasteiger partial charge in [-0.3, -0.25) is 4.79 Å². The first kappa shape index (κ1) is 17.2. The number of esters is 1. The molecule has 116 valence electrons. The molecular weight excluding hydrogens is 266 g/mol. The van der Waals surface area contributed by atoms with Crippen LogP contribution in [0.4, 0.5) is 0 Å². The first-order chi connectivity index (χ1) is 9.85. The predicted molar refractivity (Wildman–Crippen MR) is 83.0 cm³/mol. The van der Waals surface area contributed by atoms with E-state index in [4.69, 9.17) is 0 Å². The van der Waals surface area contributed by atoms with Crippen LogP contribution in [0, 0.1) is 5.92 Å². The third kappa shape index (κ3) is 5.21. The summed E-state index contributed by atoms with van der Waals surface area (Å²) in [7, 11) is 1.31. The Labute approximate surface area is 126 Å². The highest BCUT2D eigenvalue weighted by molar-refractivity contribution is 5.88. The van der Waals surface area contributed by atoms with E-state index in [1.807, 2.05) is 19.1 Å². The smallest absolute Gasteiger partial charge is 0.328 e. The fourth-order valence-electron chi connectivity index (χ4n) is 2.14. The Bertz CT molecular complexity index is 479. The van der Waals surface area contributed by atoms with Gasteiger partial charge in [0.05, 0.1) is 13.0 Å². The second-order valence-corrected chi connectivity index (χ2v) is 5.81. The number of amides is 1. The average Bonchev–Trinajstić information content (AvgIpc) is 2.45. The van der Waals surface area contributed by atoms with Crippen molar-refractivity contribution in [2.45, 2.75) is 46.1 Å². The number of benzene rings is 1. The third-order valence-electron chi connectivity index (χ3n) is 3.43. The van der Waals surface area contributed by atoms with Gasteiger partial charge >= 0.3 is 5.97 Å². The van der Waals surface area contributed by atoms with Gasteiger partial charge in [0.25, 0.3) is 0 Å². The number of hydrogen-bond donors (Lipinski definition) is 1. The van der Waals surface area contributed by atoms with Crippen molar-refractivity contribution in [1.29, 1.82) is 0 Å². The summed E-state index contributed by atoms with van der Waals surface area (Å²) >= 11 is 0. The predicted octanol–water partition coefficient (Wildman–Crippen LogP) is 2.67. The summed E-state index contributed by atoms with van der Waals surface area (Å²) in [6, 6.07) is 7.44. The second-order valence-electron chi connectivity index (χ2n) is 5.81. The average molecular weight is 291 g/mol. The van der Waals surface area contributed by atoms with E-state index >= 15 is 0 Å². The van der Waals surface area contributed by atoms with E-state index in [2.05, 4.69) is 36.0 Å². The van der Waals surface area contributed by atoms with E-state index in [9.17, 15) is 9.59 Å². The van der Waals surface area contributed by atoms with Crippen molar-refractivity contribution in [3.63, 3.8) is 0 Å². The van der Waals surface area contributed by atoms with Gasteiger partial charge in [-0.05, 0) is 37.3 Å². The molecule has 1 aromatic rings. The molecule has 0 radical (unpaired) electrons. The van der Waals surface area contributed by atoms with Gasteiger partial charge in [-0.15, -0.1) is 0 Å². The Morgan fingerprint density at radius 2 is 1.67 bits per heavy atom. The number of carbonyl (C=O) groups excluding carboxylic acids is 2. The van der Waals surface area contributed by atoms with Crippen molar-refractivity contribution in [2.75, 3.05) is 7.11 Å². The van der Waals surface area contributed by atoms with Gasteiger partial charge in [-0.2, -0.15) is 0 Å². The maximum atomic E-state index is 12.1. The Balaban J connectivity index is 2.67. The van der Waals surface area contributed by atoms with Crippen molar-refractivity contribution in [1.82, 2.24) is 5.32 Å². The zero-order valence-corrected chi connectivity index (χ0v) is 13.5. The molecule has 4 heteroatoms. The molecular formula is C17H25NO3. The lowest BCUT2D eigenvalue weighted by molar-refractivity contribution is -0.144. The van der Waals surface area contributed by atoms with Crippen LogP contribution >= 0.6 is 0 Å². The van der Waals surface area contributed by atoms with Crippen LogP contribution < -0.4 is 5.32 Å². The molecule has 2 atom stereocenters. The van der Waals surface area contributed by atoms with E-state index in [0.29, 0.717) is 5.92 Å². The molecule has 21 heavy (non-hydrogen) atoms. The molecule has 1 N–H and O–H groups in total. The monoisotopic (exact) mass is 291 g/mol. The molecule has 0 fully saturated rings. The van der Waals surface area contributed by atoms with E-state index in [-0.39, 0.29) is 11.8 Å². The Morgan fingerprint density at radius 1 is 1.10 bits per heavy atom. The topological polar surface area (TPSA) is 55.4 Å². The molecule has 0 saturated heterocycles. The number of methoxy groups -OCH3 is 1. The van der Waals surface area contributed by atoms with Crippen LogP contribution in [0.5, 0.6) is 0 Å². The zero-order valence-electron chi connectivity index (χ0n) is 13.5. The third-order valence-corrected chi connectivity index (χ3v) is 3.43. The molecule has 0 unspecified atom stereocenters. The van der Waals surface area contributed by atoms with Crippen LogP contribution in [0.3, 0.4) is 0 Å². The highest BCUT2D eigenvalue weighted by atomic mass is 16.5. The SMILES string of the molecule is COC(=O)[C@H](C)NC(=O)[C@H](C)c1ccc(CC(C)C)cc1. The van der Waals surface area contributed by atoms with Crippen LogP contribution in [-0.2, 0) is 20.7 Å². The molecule has 1 rings (SSSR count). The van der Waals surface area contributed by atoms with Gasteiger partial charge < -0.3 is 10.1 Å². The normalized spacial score (nSPS) is 13.6. The van der Waals surface area contributed by atoms with E-state index in [1.165, 1.54) is 12.7 Å². The molecule has 0 saturated carbocycles. The van der Waals surface area contributed by atoms with Crippen LogP contribution in [0.15, 0.2) is 24.3 Å². The van der Waals surface area contributed by atoms with E-state index in [1.54, 1.807) is 6.92 Å². The molecule has 0 aliphatic carbocycles. The van der Waals surface area contributed by atoms with Gasteiger partial charge in [-0.25, -0.2) is 4.79 Å². The van der Waals surface area contributed by atoms with Crippen LogP contribution in [-0.4, -0.2) is 25.0 Å². The standard InChI is InChI=1S/C17H25NO3/c1-11(2)10-14-6-8-15(9-7-14)12(3)16(19)18-13(4)17(20)21-5/h6-9,11-13H,10H2,1-5H3,(H,18,19)/t12-,13+/m1/s1. The van der Waals surface area contributed by atoms with Crippen molar-refractivity contribution >= 4 is 11.9 Å². The van der Waals surface area contributed by atoms with Crippen LogP contribution in [0.1, 0.15) is 44.7 Å². The molecule has 1 amide bonds. The minimum atomic E-state index is -0.634. The van der Waals surface area contributed by atoms with Gasteiger partial charge in [0.15, 0.2) is 0 Å². The summed E-state index contributed by atoms with van der Waals surface area (Å²) in [5, 5.41) is 2.66.